The first-order chi connectivity index (χ1) is 17.4. The van der Waals surface area contributed by atoms with Crippen molar-refractivity contribution in [2.24, 2.45) is 22.4 Å². The molecule has 1 amide bonds. The number of pyridine rings is 1. The number of benzene rings is 1. The third-order valence-corrected chi connectivity index (χ3v) is 5.78. The fourth-order valence-corrected chi connectivity index (χ4v) is 3.88. The average Bonchev–Trinajstić information content (AvgIpc) is 2.81. The number of aliphatic carboxylic acids is 1. The third-order valence-electron chi connectivity index (χ3n) is 4.42. The number of nitriles is 1. The van der Waals surface area contributed by atoms with Crippen LogP contribution in [0.5, 0.6) is 0 Å². The zero-order chi connectivity index (χ0) is 29.4. The van der Waals surface area contributed by atoms with Crippen LogP contribution in [0.3, 0.4) is 0 Å². The van der Waals surface area contributed by atoms with Crippen LogP contribution in [0.25, 0.3) is 0 Å². The maximum Gasteiger partial charge on any atom is 0.490 e. The van der Waals surface area contributed by atoms with Crippen molar-refractivity contribution in [2.45, 2.75) is 37.1 Å². The van der Waals surface area contributed by atoms with Crippen LogP contribution < -0.4 is 27.5 Å². The highest BCUT2D eigenvalue weighted by Gasteiger charge is 2.38. The second-order valence-electron chi connectivity index (χ2n) is 7.29. The minimum absolute atomic E-state index is 0.128. The Labute approximate surface area is 213 Å². The number of alkyl halides is 3. The zero-order valence-electron chi connectivity index (χ0n) is 19.6. The van der Waals surface area contributed by atoms with Crippen LogP contribution in [0.2, 0.25) is 0 Å². The summed E-state index contributed by atoms with van der Waals surface area (Å²) in [6, 6.07) is 8.43. The van der Waals surface area contributed by atoms with E-state index in [1.165, 1.54) is 44.2 Å². The second kappa shape index (κ2) is 12.4. The molecular weight excluding hydrogens is 539 g/mol. The number of sulfonamides is 1. The van der Waals surface area contributed by atoms with E-state index in [-0.39, 0.29) is 16.1 Å². The lowest BCUT2D eigenvalue weighted by molar-refractivity contribution is -0.192. The van der Waals surface area contributed by atoms with Crippen LogP contribution in [0.15, 0.2) is 51.2 Å². The second-order valence-corrected chi connectivity index (χ2v) is 8.97. The molecule has 0 fully saturated rings. The normalized spacial score (nSPS) is 12.5. The Bertz CT molecular complexity index is 1430. The van der Waals surface area contributed by atoms with E-state index in [9.17, 15) is 31.2 Å². The highest BCUT2D eigenvalue weighted by Crippen LogP contribution is 2.19. The number of carbonyl (C=O) groups is 2. The zero-order valence-corrected chi connectivity index (χ0v) is 20.4. The molecule has 0 spiro atoms. The van der Waals surface area contributed by atoms with Crippen LogP contribution >= 0.6 is 0 Å². The number of aromatic nitrogens is 1. The highest BCUT2D eigenvalue weighted by atomic mass is 32.2. The Hall–Kier alpha value is -4.79. The third kappa shape index (κ3) is 8.41. The number of carboxylic acid groups (broad SMARTS) is 1. The molecule has 8 N–H and O–H groups in total. The fourth-order valence-electron chi connectivity index (χ4n) is 2.78. The van der Waals surface area contributed by atoms with Gasteiger partial charge in [0.25, 0.3) is 15.6 Å². The lowest BCUT2D eigenvalue weighted by atomic mass is 10.1. The van der Waals surface area contributed by atoms with Crippen molar-refractivity contribution in [1.29, 1.82) is 5.26 Å². The van der Waals surface area contributed by atoms with Gasteiger partial charge in [-0.1, -0.05) is 6.07 Å². The van der Waals surface area contributed by atoms with Crippen molar-refractivity contribution in [3.63, 3.8) is 0 Å². The SMILES string of the molecule is Cc1ccc(NS(=O)(=O)c2cccc(C#N)c2)c(=O)n1C(C(N)=O)C(C)ON=C(N)N.O=C(O)C(F)(F)F. The molecular formula is C20H22F3N7O7S. The van der Waals surface area contributed by atoms with Gasteiger partial charge >= 0.3 is 12.1 Å². The number of aryl methyl sites for hydroxylation is 1. The van der Waals surface area contributed by atoms with Crippen molar-refractivity contribution in [3.8, 4) is 6.07 Å². The van der Waals surface area contributed by atoms with E-state index in [2.05, 4.69) is 9.88 Å². The van der Waals surface area contributed by atoms with Gasteiger partial charge in [0.1, 0.15) is 5.69 Å². The van der Waals surface area contributed by atoms with E-state index < -0.39 is 51.7 Å². The lowest BCUT2D eigenvalue weighted by Crippen LogP contribution is -2.42. The smallest absolute Gasteiger partial charge is 0.475 e. The van der Waals surface area contributed by atoms with Crippen LogP contribution in [0, 0.1) is 18.3 Å². The number of oxime groups is 1. The number of hydrogen-bond acceptors (Lipinski definition) is 8. The Kier molecular flexibility index (Phi) is 10.2. The summed E-state index contributed by atoms with van der Waals surface area (Å²) in [5.74, 6) is -4.09. The summed E-state index contributed by atoms with van der Waals surface area (Å²) in [6.45, 7) is 2.94. The quantitative estimate of drug-likeness (QED) is 0.165. The summed E-state index contributed by atoms with van der Waals surface area (Å²) in [6.07, 6.45) is -6.14. The van der Waals surface area contributed by atoms with Crippen LogP contribution in [0.1, 0.15) is 24.2 Å². The molecule has 38 heavy (non-hydrogen) atoms. The number of anilines is 1. The first-order valence-electron chi connectivity index (χ1n) is 10.0. The van der Waals surface area contributed by atoms with E-state index in [1.54, 1.807) is 0 Å². The fraction of sp³-hybridized carbons (Fsp3) is 0.250. The molecule has 2 unspecified atom stereocenters. The first kappa shape index (κ1) is 31.2. The van der Waals surface area contributed by atoms with Gasteiger partial charge in [-0.25, -0.2) is 13.2 Å². The van der Waals surface area contributed by atoms with Gasteiger partial charge < -0.3 is 27.1 Å². The van der Waals surface area contributed by atoms with Crippen LogP contribution in [0.4, 0.5) is 18.9 Å². The Morgan fingerprint density at radius 1 is 1.21 bits per heavy atom. The minimum Gasteiger partial charge on any atom is -0.475 e. The highest BCUT2D eigenvalue weighted by molar-refractivity contribution is 7.92. The number of halogens is 3. The Balaban J connectivity index is 0.000000905. The minimum atomic E-state index is -5.08. The number of guanidine groups is 1. The summed E-state index contributed by atoms with van der Waals surface area (Å²) in [5, 5.41) is 19.5. The Morgan fingerprint density at radius 3 is 2.26 bits per heavy atom. The topological polar surface area (TPSA) is 246 Å². The number of nitrogens with one attached hydrogen (secondary N) is 1. The summed E-state index contributed by atoms with van der Waals surface area (Å²) in [5.41, 5.74) is 15.1. The van der Waals surface area contributed by atoms with Gasteiger partial charge in [-0.2, -0.15) is 18.4 Å². The molecule has 1 aromatic heterocycles. The molecule has 0 aliphatic rings. The number of nitrogens with zero attached hydrogens (tertiary/aromatic N) is 3. The van der Waals surface area contributed by atoms with Crippen molar-refractivity contribution in [3.05, 3.63) is 58.0 Å². The largest absolute Gasteiger partial charge is 0.490 e. The van der Waals surface area contributed by atoms with E-state index in [4.69, 9.17) is 37.2 Å². The van der Waals surface area contributed by atoms with Gasteiger partial charge in [-0.05, 0) is 49.3 Å². The molecule has 0 aliphatic carbocycles. The molecule has 14 nitrogen and oxygen atoms in total. The number of hydrogen-bond donors (Lipinski definition) is 5. The molecule has 0 radical (unpaired) electrons. The van der Waals surface area contributed by atoms with Gasteiger partial charge in [-0.15, -0.1) is 0 Å². The maximum absolute atomic E-state index is 13.0. The summed E-state index contributed by atoms with van der Waals surface area (Å²) in [4.78, 5) is 38.8. The molecule has 0 aliphatic heterocycles. The lowest BCUT2D eigenvalue weighted by Gasteiger charge is -2.24. The predicted molar refractivity (Wildman–Crippen MR) is 126 cm³/mol. The molecule has 1 heterocycles. The van der Waals surface area contributed by atoms with E-state index in [0.717, 1.165) is 10.6 Å². The summed E-state index contributed by atoms with van der Waals surface area (Å²) in [7, 11) is -4.20. The number of primary amides is 1. The standard InChI is InChI=1S/C18H21N7O5S.C2HF3O2/c1-10-6-7-14(24-31(28,29)13-5-3-4-12(8-13)9-19)17(27)25(10)15(16(20)26)11(2)30-23-18(21)22;3-2(4,5)1(6)7/h3-8,11,15,24H,1-2H3,(H2,20,26)(H4,21,22,23);(H,6,7). The summed E-state index contributed by atoms with van der Waals surface area (Å²) >= 11 is 0. The van der Waals surface area contributed by atoms with Gasteiger partial charge in [0.15, 0.2) is 12.1 Å². The van der Waals surface area contributed by atoms with Gasteiger partial charge in [0, 0.05) is 5.69 Å². The van der Waals surface area contributed by atoms with Gasteiger partial charge in [-0.3, -0.25) is 18.9 Å². The molecule has 2 aromatic rings. The molecule has 1 aromatic carbocycles. The molecule has 2 atom stereocenters. The van der Waals surface area contributed by atoms with E-state index in [0.29, 0.717) is 5.69 Å². The van der Waals surface area contributed by atoms with E-state index >= 15 is 0 Å². The van der Waals surface area contributed by atoms with Crippen molar-refractivity contribution in [1.82, 2.24) is 4.57 Å². The van der Waals surface area contributed by atoms with Crippen molar-refractivity contribution in [2.75, 3.05) is 4.72 Å². The van der Waals surface area contributed by atoms with Crippen molar-refractivity contribution >= 4 is 33.5 Å². The number of carbonyl (C=O) groups excluding carboxylic acids is 1. The first-order valence-corrected chi connectivity index (χ1v) is 11.5. The van der Waals surface area contributed by atoms with Crippen LogP contribution in [-0.4, -0.2) is 48.2 Å². The Morgan fingerprint density at radius 2 is 1.79 bits per heavy atom. The maximum atomic E-state index is 13.0. The number of nitrogens with two attached hydrogens (primary N) is 3. The van der Waals surface area contributed by atoms with Crippen molar-refractivity contribution < 1.29 is 41.1 Å². The van der Waals surface area contributed by atoms with Gasteiger partial charge in [0.05, 0.1) is 16.5 Å². The molecule has 0 bridgehead atoms. The predicted octanol–water partition coefficient (Wildman–Crippen LogP) is 0.0824. The molecule has 2 rings (SSSR count). The average molecular weight is 561 g/mol. The van der Waals surface area contributed by atoms with E-state index in [1.807, 2.05) is 6.07 Å². The van der Waals surface area contributed by atoms with Crippen LogP contribution in [-0.2, 0) is 24.4 Å². The number of amides is 1. The molecule has 0 saturated heterocycles. The summed E-state index contributed by atoms with van der Waals surface area (Å²) < 4.78 is 60.3. The molecule has 206 valence electrons. The number of rotatable bonds is 8. The number of carboxylic acids is 1. The van der Waals surface area contributed by atoms with Gasteiger partial charge in [0.2, 0.25) is 11.9 Å². The monoisotopic (exact) mass is 561 g/mol. The molecule has 18 heteroatoms. The molecule has 0 saturated carbocycles.